The number of carbonyl (C=O) groups is 1. The predicted octanol–water partition coefficient (Wildman–Crippen LogP) is 4.79. The molecule has 0 amide bonds. The molecular weight excluding hydrogens is 240 g/mol. The zero-order valence-corrected chi connectivity index (χ0v) is 14.4. The minimum Gasteiger partial charge on any atom is -0.417 e. The normalized spacial score (nSPS) is 14.6. The number of hydrogen-bond acceptors (Lipinski definition) is 2. The summed E-state index contributed by atoms with van der Waals surface area (Å²) in [6, 6.07) is 0. The molecule has 0 aromatic heterocycles. The molecule has 108 valence electrons. The van der Waals surface area contributed by atoms with Gasteiger partial charge in [-0.2, -0.15) is 0 Å². The topological polar surface area (TPSA) is 26.3 Å². The van der Waals surface area contributed by atoms with Crippen LogP contribution < -0.4 is 0 Å². The summed E-state index contributed by atoms with van der Waals surface area (Å²) in [6.45, 7) is 16.1. The number of rotatable bonds is 8. The van der Waals surface area contributed by atoms with Crippen molar-refractivity contribution in [1.29, 1.82) is 0 Å². The van der Waals surface area contributed by atoms with Gasteiger partial charge in [0.25, 0.3) is 0 Å². The van der Waals surface area contributed by atoms with Crippen LogP contribution in [0.5, 0.6) is 0 Å². The number of carbonyl (C=O) groups excluding carboxylic acids is 1. The van der Waals surface area contributed by atoms with Crippen LogP contribution in [0, 0.1) is 5.92 Å². The van der Waals surface area contributed by atoms with Gasteiger partial charge >= 0.3 is 0 Å². The van der Waals surface area contributed by atoms with E-state index in [0.717, 1.165) is 25.9 Å². The Labute approximate surface area is 115 Å². The van der Waals surface area contributed by atoms with Crippen LogP contribution in [0.4, 0.5) is 0 Å². The number of ketones is 1. The van der Waals surface area contributed by atoms with E-state index in [2.05, 4.69) is 40.8 Å². The van der Waals surface area contributed by atoms with E-state index in [-0.39, 0.29) is 0 Å². The Bertz CT molecular complexity index is 254. The Hall–Kier alpha value is -0.153. The van der Waals surface area contributed by atoms with E-state index in [1.54, 1.807) is 6.92 Å². The molecule has 1 unspecified atom stereocenters. The molecule has 0 N–H and O–H groups in total. The molecule has 0 aliphatic heterocycles. The highest BCUT2D eigenvalue weighted by Crippen LogP contribution is 2.36. The summed E-state index contributed by atoms with van der Waals surface area (Å²) in [4.78, 5) is 11.0. The predicted molar refractivity (Wildman–Crippen MR) is 81.5 cm³/mol. The molecule has 3 heteroatoms. The fourth-order valence-electron chi connectivity index (χ4n) is 1.73. The van der Waals surface area contributed by atoms with Crippen LogP contribution in [0.25, 0.3) is 0 Å². The Kier molecular flexibility index (Phi) is 7.38. The van der Waals surface area contributed by atoms with Crippen molar-refractivity contribution in [1.82, 2.24) is 0 Å². The van der Waals surface area contributed by atoms with Crippen LogP contribution in [0.3, 0.4) is 0 Å². The van der Waals surface area contributed by atoms with Crippen molar-refractivity contribution in [3.8, 4) is 0 Å². The molecule has 0 spiro atoms. The molecular formula is C15H32O2Si. The van der Waals surface area contributed by atoms with Gasteiger partial charge in [-0.05, 0) is 37.4 Å². The molecule has 1 atom stereocenters. The first-order valence-corrected chi connectivity index (χ1v) is 10.1. The largest absolute Gasteiger partial charge is 0.417 e. The SMILES string of the molecule is CC(=O)CC(C)CCCCO[Si](C)(C)C(C)(C)C. The lowest BCUT2D eigenvalue weighted by Crippen LogP contribution is -2.40. The Morgan fingerprint density at radius 1 is 1.22 bits per heavy atom. The molecule has 0 aromatic rings. The summed E-state index contributed by atoms with van der Waals surface area (Å²) >= 11 is 0. The number of Topliss-reactive ketones (excluding diaryl/α,β-unsaturated/α-hetero) is 1. The second-order valence-corrected chi connectivity index (χ2v) is 11.9. The van der Waals surface area contributed by atoms with Gasteiger partial charge in [0.05, 0.1) is 0 Å². The van der Waals surface area contributed by atoms with Crippen molar-refractivity contribution < 1.29 is 9.22 Å². The molecule has 0 saturated heterocycles. The second-order valence-electron chi connectivity index (χ2n) is 7.12. The fraction of sp³-hybridized carbons (Fsp3) is 0.933. The minimum atomic E-state index is -1.56. The number of unbranched alkanes of at least 4 members (excludes halogenated alkanes) is 1. The van der Waals surface area contributed by atoms with E-state index in [0.29, 0.717) is 16.7 Å². The summed E-state index contributed by atoms with van der Waals surface area (Å²) in [5, 5.41) is 0.301. The molecule has 0 aliphatic rings. The molecule has 0 saturated carbocycles. The third kappa shape index (κ3) is 7.32. The zero-order chi connectivity index (χ0) is 14.4. The van der Waals surface area contributed by atoms with Crippen LogP contribution in [0.1, 0.15) is 60.3 Å². The van der Waals surface area contributed by atoms with Crippen molar-refractivity contribution in [2.24, 2.45) is 5.92 Å². The maximum atomic E-state index is 11.0. The summed E-state index contributed by atoms with van der Waals surface area (Å²) < 4.78 is 6.13. The zero-order valence-electron chi connectivity index (χ0n) is 13.4. The van der Waals surface area contributed by atoms with Gasteiger partial charge in [0, 0.05) is 13.0 Å². The van der Waals surface area contributed by atoms with E-state index in [9.17, 15) is 4.79 Å². The molecule has 0 heterocycles. The van der Waals surface area contributed by atoms with E-state index in [4.69, 9.17) is 4.43 Å². The van der Waals surface area contributed by atoms with Gasteiger partial charge in [0.15, 0.2) is 8.32 Å². The Balaban J connectivity index is 3.72. The van der Waals surface area contributed by atoms with Crippen LogP contribution in [0.15, 0.2) is 0 Å². The van der Waals surface area contributed by atoms with Gasteiger partial charge in [0.1, 0.15) is 5.78 Å². The Morgan fingerprint density at radius 2 is 1.78 bits per heavy atom. The van der Waals surface area contributed by atoms with Crippen LogP contribution in [-0.4, -0.2) is 20.7 Å². The third-order valence-electron chi connectivity index (χ3n) is 4.00. The van der Waals surface area contributed by atoms with E-state index in [1.807, 2.05) is 0 Å². The van der Waals surface area contributed by atoms with Crippen molar-refractivity contribution >= 4 is 14.1 Å². The van der Waals surface area contributed by atoms with Gasteiger partial charge < -0.3 is 9.22 Å². The third-order valence-corrected chi connectivity index (χ3v) is 8.53. The van der Waals surface area contributed by atoms with Crippen LogP contribution >= 0.6 is 0 Å². The first kappa shape index (κ1) is 17.8. The number of hydrogen-bond donors (Lipinski definition) is 0. The molecule has 0 bridgehead atoms. The minimum absolute atomic E-state index is 0.301. The fourth-order valence-corrected chi connectivity index (χ4v) is 2.82. The highest BCUT2D eigenvalue weighted by Gasteiger charge is 2.36. The Morgan fingerprint density at radius 3 is 2.22 bits per heavy atom. The van der Waals surface area contributed by atoms with Crippen molar-refractivity contribution in [3.63, 3.8) is 0 Å². The smallest absolute Gasteiger partial charge is 0.191 e. The summed E-state index contributed by atoms with van der Waals surface area (Å²) in [6.07, 6.45) is 4.15. The van der Waals surface area contributed by atoms with E-state index in [1.165, 1.54) is 6.42 Å². The lowest BCUT2D eigenvalue weighted by atomic mass is 9.99. The van der Waals surface area contributed by atoms with Crippen molar-refractivity contribution in [2.45, 2.75) is 78.4 Å². The summed E-state index contributed by atoms with van der Waals surface area (Å²) in [5.41, 5.74) is 0. The van der Waals surface area contributed by atoms with Gasteiger partial charge in [-0.25, -0.2) is 0 Å². The van der Waals surface area contributed by atoms with Crippen LogP contribution in [0.2, 0.25) is 18.1 Å². The van der Waals surface area contributed by atoms with Crippen molar-refractivity contribution in [3.05, 3.63) is 0 Å². The maximum absolute atomic E-state index is 11.0. The lowest BCUT2D eigenvalue weighted by molar-refractivity contribution is -0.117. The average molecular weight is 273 g/mol. The molecule has 2 nitrogen and oxygen atoms in total. The van der Waals surface area contributed by atoms with Crippen LogP contribution in [-0.2, 0) is 9.22 Å². The second kappa shape index (κ2) is 7.44. The summed E-state index contributed by atoms with van der Waals surface area (Å²) in [5.74, 6) is 0.829. The molecule has 0 rings (SSSR count). The molecule has 18 heavy (non-hydrogen) atoms. The highest BCUT2D eigenvalue weighted by atomic mass is 28.4. The van der Waals surface area contributed by atoms with E-state index < -0.39 is 8.32 Å². The van der Waals surface area contributed by atoms with Gasteiger partial charge in [0.2, 0.25) is 0 Å². The maximum Gasteiger partial charge on any atom is 0.191 e. The highest BCUT2D eigenvalue weighted by molar-refractivity contribution is 6.74. The standard InChI is InChI=1S/C15H32O2Si/c1-13(12-14(2)16)10-8-9-11-17-18(6,7)15(3,4)5/h13H,8-12H2,1-7H3. The van der Waals surface area contributed by atoms with Gasteiger partial charge in [-0.15, -0.1) is 0 Å². The monoisotopic (exact) mass is 272 g/mol. The first-order chi connectivity index (χ1) is 8.06. The molecule has 0 aromatic carbocycles. The summed E-state index contributed by atoms with van der Waals surface area (Å²) in [7, 11) is -1.56. The van der Waals surface area contributed by atoms with E-state index >= 15 is 0 Å². The first-order valence-electron chi connectivity index (χ1n) is 7.19. The molecule has 0 fully saturated rings. The lowest BCUT2D eigenvalue weighted by Gasteiger charge is -2.36. The van der Waals surface area contributed by atoms with Gasteiger partial charge in [-0.1, -0.05) is 40.5 Å². The average Bonchev–Trinajstić information content (AvgIpc) is 2.13. The molecule has 0 aliphatic carbocycles. The molecule has 0 radical (unpaired) electrons. The van der Waals surface area contributed by atoms with Crippen molar-refractivity contribution in [2.75, 3.05) is 6.61 Å². The quantitative estimate of drug-likeness (QED) is 0.469. The van der Waals surface area contributed by atoms with Gasteiger partial charge in [-0.3, -0.25) is 0 Å².